The zero-order valence-corrected chi connectivity index (χ0v) is 12.1. The Hall–Kier alpha value is -1.41. The van der Waals surface area contributed by atoms with E-state index in [4.69, 9.17) is 10.7 Å². The van der Waals surface area contributed by atoms with Crippen LogP contribution in [0.4, 0.5) is 0 Å². The van der Waals surface area contributed by atoms with Crippen LogP contribution in [0.25, 0.3) is 10.9 Å². The lowest BCUT2D eigenvalue weighted by Gasteiger charge is -2.22. The second-order valence-electron chi connectivity index (χ2n) is 6.11. The van der Waals surface area contributed by atoms with E-state index in [1.807, 2.05) is 6.07 Å². The maximum absolute atomic E-state index is 6.45. The predicted octanol–water partition coefficient (Wildman–Crippen LogP) is 4.08. The topological polar surface area (TPSA) is 38.9 Å². The quantitative estimate of drug-likeness (QED) is 0.852. The highest BCUT2D eigenvalue weighted by Gasteiger charge is 2.20. The summed E-state index contributed by atoms with van der Waals surface area (Å²) in [6.07, 6.45) is 8.99. The first-order chi connectivity index (χ1) is 9.83. The number of hydrogen-bond acceptors (Lipinski definition) is 2. The highest BCUT2D eigenvalue weighted by Crippen LogP contribution is 2.26. The lowest BCUT2D eigenvalue weighted by molar-refractivity contribution is 0.371. The number of rotatable bonds is 3. The van der Waals surface area contributed by atoms with Crippen molar-refractivity contribution in [2.24, 2.45) is 11.7 Å². The van der Waals surface area contributed by atoms with Gasteiger partial charge in [0.25, 0.3) is 0 Å². The SMILES string of the molecule is NC(Cc1ccc2ccccc2n1)C1CCCCCC1. The monoisotopic (exact) mass is 268 g/mol. The Morgan fingerprint density at radius 2 is 1.75 bits per heavy atom. The molecule has 20 heavy (non-hydrogen) atoms. The molecule has 2 N–H and O–H groups in total. The average molecular weight is 268 g/mol. The summed E-state index contributed by atoms with van der Waals surface area (Å²) in [5, 5.41) is 1.21. The zero-order valence-electron chi connectivity index (χ0n) is 12.1. The molecule has 1 fully saturated rings. The Labute approximate surface area is 121 Å². The van der Waals surface area contributed by atoms with E-state index in [0.29, 0.717) is 5.92 Å². The Kier molecular flexibility index (Phi) is 4.31. The van der Waals surface area contributed by atoms with Gasteiger partial charge in [-0.2, -0.15) is 0 Å². The lowest BCUT2D eigenvalue weighted by atomic mass is 9.89. The van der Waals surface area contributed by atoms with Crippen molar-refractivity contribution < 1.29 is 0 Å². The molecule has 2 nitrogen and oxygen atoms in total. The van der Waals surface area contributed by atoms with E-state index >= 15 is 0 Å². The van der Waals surface area contributed by atoms with Crippen LogP contribution in [0.5, 0.6) is 0 Å². The molecule has 1 saturated carbocycles. The van der Waals surface area contributed by atoms with Crippen LogP contribution in [-0.4, -0.2) is 11.0 Å². The molecule has 1 aliphatic rings. The summed E-state index contributed by atoms with van der Waals surface area (Å²) in [6, 6.07) is 12.9. The summed E-state index contributed by atoms with van der Waals surface area (Å²) in [7, 11) is 0. The third kappa shape index (κ3) is 3.18. The van der Waals surface area contributed by atoms with Crippen molar-refractivity contribution in [1.29, 1.82) is 0 Å². The van der Waals surface area contributed by atoms with E-state index in [-0.39, 0.29) is 6.04 Å². The van der Waals surface area contributed by atoms with Gasteiger partial charge in [0.2, 0.25) is 0 Å². The fourth-order valence-electron chi connectivity index (χ4n) is 3.37. The van der Waals surface area contributed by atoms with E-state index in [1.54, 1.807) is 0 Å². The van der Waals surface area contributed by atoms with Gasteiger partial charge in [0.1, 0.15) is 0 Å². The minimum atomic E-state index is 0.266. The maximum Gasteiger partial charge on any atom is 0.0705 e. The molecule has 0 spiro atoms. The maximum atomic E-state index is 6.45. The molecular weight excluding hydrogens is 244 g/mol. The smallest absolute Gasteiger partial charge is 0.0705 e. The third-order valence-corrected chi connectivity index (χ3v) is 4.61. The molecule has 0 amide bonds. The summed E-state index contributed by atoms with van der Waals surface area (Å²) in [4.78, 5) is 4.75. The summed E-state index contributed by atoms with van der Waals surface area (Å²) < 4.78 is 0. The minimum absolute atomic E-state index is 0.266. The molecule has 1 aromatic heterocycles. The van der Waals surface area contributed by atoms with Crippen LogP contribution in [0, 0.1) is 5.92 Å². The predicted molar refractivity (Wildman–Crippen MR) is 84.6 cm³/mol. The van der Waals surface area contributed by atoms with Gasteiger partial charge in [0, 0.05) is 23.5 Å². The van der Waals surface area contributed by atoms with E-state index in [9.17, 15) is 0 Å². The largest absolute Gasteiger partial charge is 0.327 e. The number of pyridine rings is 1. The van der Waals surface area contributed by atoms with Gasteiger partial charge in [0.05, 0.1) is 5.52 Å². The molecule has 0 aliphatic heterocycles. The van der Waals surface area contributed by atoms with E-state index < -0.39 is 0 Å². The fourth-order valence-corrected chi connectivity index (χ4v) is 3.37. The molecule has 0 saturated heterocycles. The zero-order chi connectivity index (χ0) is 13.8. The van der Waals surface area contributed by atoms with Gasteiger partial charge in [-0.1, -0.05) is 49.9 Å². The molecule has 2 aromatic rings. The Morgan fingerprint density at radius 3 is 2.55 bits per heavy atom. The van der Waals surface area contributed by atoms with Crippen molar-refractivity contribution in [3.63, 3.8) is 0 Å². The molecule has 0 radical (unpaired) electrons. The van der Waals surface area contributed by atoms with Crippen molar-refractivity contribution in [2.75, 3.05) is 0 Å². The molecule has 1 aliphatic carbocycles. The van der Waals surface area contributed by atoms with Crippen LogP contribution >= 0.6 is 0 Å². The number of para-hydroxylation sites is 1. The van der Waals surface area contributed by atoms with Gasteiger partial charge >= 0.3 is 0 Å². The Bertz CT molecular complexity index is 556. The summed E-state index contributed by atoms with van der Waals surface area (Å²) in [6.45, 7) is 0. The van der Waals surface area contributed by atoms with Crippen LogP contribution in [0.1, 0.15) is 44.2 Å². The van der Waals surface area contributed by atoms with E-state index in [2.05, 4.69) is 30.3 Å². The average Bonchev–Trinajstić information content (AvgIpc) is 2.76. The minimum Gasteiger partial charge on any atom is -0.327 e. The normalized spacial score (nSPS) is 18.9. The van der Waals surface area contributed by atoms with Gasteiger partial charge in [0.15, 0.2) is 0 Å². The number of hydrogen-bond donors (Lipinski definition) is 1. The highest BCUT2D eigenvalue weighted by atomic mass is 14.7. The van der Waals surface area contributed by atoms with Crippen LogP contribution < -0.4 is 5.73 Å². The van der Waals surface area contributed by atoms with Gasteiger partial charge in [-0.15, -0.1) is 0 Å². The Balaban J connectivity index is 1.71. The Morgan fingerprint density at radius 1 is 1.00 bits per heavy atom. The van der Waals surface area contributed by atoms with E-state index in [0.717, 1.165) is 17.6 Å². The van der Waals surface area contributed by atoms with Gasteiger partial charge in [-0.25, -0.2) is 0 Å². The number of nitrogens with zero attached hydrogens (tertiary/aromatic N) is 1. The lowest BCUT2D eigenvalue weighted by Crippen LogP contribution is -2.32. The van der Waals surface area contributed by atoms with Gasteiger partial charge < -0.3 is 5.73 Å². The second-order valence-corrected chi connectivity index (χ2v) is 6.11. The molecule has 1 heterocycles. The van der Waals surface area contributed by atoms with Crippen molar-refractivity contribution in [2.45, 2.75) is 51.0 Å². The molecule has 106 valence electrons. The first kappa shape index (κ1) is 13.6. The summed E-state index contributed by atoms with van der Waals surface area (Å²) in [5.74, 6) is 0.686. The number of aromatic nitrogens is 1. The van der Waals surface area contributed by atoms with Crippen LogP contribution in [-0.2, 0) is 6.42 Å². The number of nitrogens with two attached hydrogens (primary N) is 1. The fraction of sp³-hybridized carbons (Fsp3) is 0.500. The van der Waals surface area contributed by atoms with Gasteiger partial charge in [-0.3, -0.25) is 4.98 Å². The van der Waals surface area contributed by atoms with Crippen LogP contribution in [0.2, 0.25) is 0 Å². The van der Waals surface area contributed by atoms with Crippen LogP contribution in [0.3, 0.4) is 0 Å². The molecule has 3 rings (SSSR count). The molecule has 2 heteroatoms. The van der Waals surface area contributed by atoms with Crippen molar-refractivity contribution in [3.8, 4) is 0 Å². The molecular formula is C18H24N2. The molecule has 1 unspecified atom stereocenters. The number of benzene rings is 1. The van der Waals surface area contributed by atoms with E-state index in [1.165, 1.54) is 43.9 Å². The summed E-state index contributed by atoms with van der Waals surface area (Å²) >= 11 is 0. The highest BCUT2D eigenvalue weighted by molar-refractivity contribution is 5.78. The molecule has 1 aromatic carbocycles. The van der Waals surface area contributed by atoms with Gasteiger partial charge in [-0.05, 0) is 30.9 Å². The second kappa shape index (κ2) is 6.36. The first-order valence-electron chi connectivity index (χ1n) is 7.93. The molecule has 0 bridgehead atoms. The van der Waals surface area contributed by atoms with Crippen molar-refractivity contribution in [3.05, 3.63) is 42.1 Å². The first-order valence-corrected chi connectivity index (χ1v) is 7.93. The third-order valence-electron chi connectivity index (χ3n) is 4.61. The standard InChI is InChI=1S/C18H24N2/c19-17(14-7-3-1-2-4-8-14)13-16-12-11-15-9-5-6-10-18(15)20-16/h5-6,9-12,14,17H,1-4,7-8,13,19H2. The molecule has 1 atom stereocenters. The number of fused-ring (bicyclic) bond motifs is 1. The van der Waals surface area contributed by atoms with Crippen molar-refractivity contribution in [1.82, 2.24) is 4.98 Å². The van der Waals surface area contributed by atoms with Crippen molar-refractivity contribution >= 4 is 10.9 Å². The summed E-state index contributed by atoms with van der Waals surface area (Å²) in [5.41, 5.74) is 8.67. The van der Waals surface area contributed by atoms with Crippen LogP contribution in [0.15, 0.2) is 36.4 Å².